The summed E-state index contributed by atoms with van der Waals surface area (Å²) in [7, 11) is 1.65. The van der Waals surface area contributed by atoms with Crippen molar-refractivity contribution in [2.24, 2.45) is 7.05 Å². The molecule has 0 saturated carbocycles. The molecule has 0 atom stereocenters. The molecular weight excluding hydrogens is 439 g/mol. The van der Waals surface area contributed by atoms with Gasteiger partial charge in [-0.15, -0.1) is 0 Å². The first-order valence-corrected chi connectivity index (χ1v) is 10.4. The highest BCUT2D eigenvalue weighted by Gasteiger charge is 2.19. The minimum absolute atomic E-state index is 0.207. The van der Waals surface area contributed by atoms with E-state index in [9.17, 15) is 9.59 Å². The van der Waals surface area contributed by atoms with E-state index >= 15 is 0 Å². The number of aryl methyl sites for hydroxylation is 1. The second kappa shape index (κ2) is 10.3. The molecule has 0 aliphatic heterocycles. The van der Waals surface area contributed by atoms with Crippen molar-refractivity contribution in [3.05, 3.63) is 75.5 Å². The van der Waals surface area contributed by atoms with Crippen LogP contribution in [0.4, 0.5) is 5.69 Å². The molecule has 0 aliphatic carbocycles. The summed E-state index contributed by atoms with van der Waals surface area (Å²) in [6.45, 7) is 2.71. The van der Waals surface area contributed by atoms with Gasteiger partial charge in [0.05, 0.1) is 16.9 Å². The fourth-order valence-electron chi connectivity index (χ4n) is 2.87. The molecule has 1 aromatic heterocycles. The minimum Gasteiger partial charge on any atom is -0.487 e. The number of benzene rings is 2. The van der Waals surface area contributed by atoms with Gasteiger partial charge in [0.25, 0.3) is 11.8 Å². The normalized spacial score (nSPS) is 10.6. The van der Waals surface area contributed by atoms with Gasteiger partial charge in [0.1, 0.15) is 23.1 Å². The second-order valence-electron chi connectivity index (χ2n) is 6.78. The Morgan fingerprint density at radius 3 is 2.68 bits per heavy atom. The Labute approximate surface area is 190 Å². The summed E-state index contributed by atoms with van der Waals surface area (Å²) in [5.41, 5.74) is 1.82. The molecule has 1 heterocycles. The number of hydrogen-bond acceptors (Lipinski definition) is 4. The molecule has 0 radical (unpaired) electrons. The molecule has 162 valence electrons. The van der Waals surface area contributed by atoms with E-state index in [1.807, 2.05) is 13.0 Å². The number of rotatable bonds is 8. The van der Waals surface area contributed by atoms with E-state index in [-0.39, 0.29) is 24.1 Å². The predicted octanol–water partition coefficient (Wildman–Crippen LogP) is 4.70. The average Bonchev–Trinajstić information content (AvgIpc) is 3.13. The van der Waals surface area contributed by atoms with Crippen LogP contribution in [0.2, 0.25) is 10.0 Å². The number of ether oxygens (including phenoxy) is 1. The van der Waals surface area contributed by atoms with Crippen molar-refractivity contribution in [2.75, 3.05) is 11.9 Å². The molecular formula is C22H22Cl2N4O3. The Morgan fingerprint density at radius 1 is 1.13 bits per heavy atom. The van der Waals surface area contributed by atoms with Crippen LogP contribution in [-0.2, 0) is 13.7 Å². The lowest BCUT2D eigenvalue weighted by atomic mass is 10.1. The Hall–Kier alpha value is -3.03. The summed E-state index contributed by atoms with van der Waals surface area (Å²) in [4.78, 5) is 25.2. The van der Waals surface area contributed by atoms with Gasteiger partial charge in [-0.1, -0.05) is 48.3 Å². The summed E-state index contributed by atoms with van der Waals surface area (Å²) in [6.07, 6.45) is 2.26. The summed E-state index contributed by atoms with van der Waals surface area (Å²) in [5, 5.41) is 10.4. The third-order valence-electron chi connectivity index (χ3n) is 4.44. The first kappa shape index (κ1) is 22.7. The number of amides is 2. The molecule has 0 bridgehead atoms. The molecule has 2 amide bonds. The largest absolute Gasteiger partial charge is 0.487 e. The highest BCUT2D eigenvalue weighted by atomic mass is 35.5. The maximum Gasteiger partial charge on any atom is 0.271 e. The van der Waals surface area contributed by atoms with Crippen LogP contribution in [0.3, 0.4) is 0 Å². The number of nitrogens with zero attached hydrogens (tertiary/aromatic N) is 2. The molecule has 7 nitrogen and oxygen atoms in total. The fourth-order valence-corrected chi connectivity index (χ4v) is 3.22. The number of anilines is 1. The van der Waals surface area contributed by atoms with E-state index in [2.05, 4.69) is 15.7 Å². The Morgan fingerprint density at radius 2 is 1.90 bits per heavy atom. The highest BCUT2D eigenvalue weighted by Crippen LogP contribution is 2.32. The van der Waals surface area contributed by atoms with Gasteiger partial charge in [-0.25, -0.2) is 0 Å². The van der Waals surface area contributed by atoms with Crippen LogP contribution in [0.25, 0.3) is 0 Å². The molecule has 0 unspecified atom stereocenters. The lowest BCUT2D eigenvalue weighted by Crippen LogP contribution is -2.27. The van der Waals surface area contributed by atoms with Gasteiger partial charge < -0.3 is 15.4 Å². The summed E-state index contributed by atoms with van der Waals surface area (Å²) >= 11 is 12.1. The monoisotopic (exact) mass is 460 g/mol. The van der Waals surface area contributed by atoms with Crippen molar-refractivity contribution in [1.82, 2.24) is 15.1 Å². The van der Waals surface area contributed by atoms with Gasteiger partial charge in [-0.2, -0.15) is 5.10 Å². The van der Waals surface area contributed by atoms with Crippen molar-refractivity contribution >= 4 is 40.7 Å². The Kier molecular flexibility index (Phi) is 7.55. The quantitative estimate of drug-likeness (QED) is 0.510. The predicted molar refractivity (Wildman–Crippen MR) is 121 cm³/mol. The van der Waals surface area contributed by atoms with E-state index in [1.165, 1.54) is 10.9 Å². The van der Waals surface area contributed by atoms with Gasteiger partial charge in [0.2, 0.25) is 0 Å². The zero-order valence-corrected chi connectivity index (χ0v) is 18.6. The van der Waals surface area contributed by atoms with Gasteiger partial charge in [-0.3, -0.25) is 14.3 Å². The second-order valence-corrected chi connectivity index (χ2v) is 7.57. The van der Waals surface area contributed by atoms with Gasteiger partial charge >= 0.3 is 0 Å². The standard InChI is InChI=1S/C22H22Cl2N4O3/c1-3-10-25-22(30)20-17(12-26-28(20)2)27-21(29)15-7-4-6-14(11-15)13-31-18-9-5-8-16(23)19(18)24/h4-9,11-12H,3,10,13H2,1-2H3,(H,25,30)(H,27,29). The van der Waals surface area contributed by atoms with Crippen LogP contribution < -0.4 is 15.4 Å². The van der Waals surface area contributed by atoms with E-state index in [4.69, 9.17) is 27.9 Å². The van der Waals surface area contributed by atoms with E-state index in [0.717, 1.165) is 12.0 Å². The molecule has 2 aromatic carbocycles. The average molecular weight is 461 g/mol. The van der Waals surface area contributed by atoms with Crippen molar-refractivity contribution in [3.63, 3.8) is 0 Å². The van der Waals surface area contributed by atoms with Gasteiger partial charge in [0, 0.05) is 19.2 Å². The number of hydrogen-bond donors (Lipinski definition) is 2. The number of nitrogens with one attached hydrogen (secondary N) is 2. The van der Waals surface area contributed by atoms with Crippen LogP contribution >= 0.6 is 23.2 Å². The fraction of sp³-hybridized carbons (Fsp3) is 0.227. The molecule has 2 N–H and O–H groups in total. The van der Waals surface area contributed by atoms with Gasteiger partial charge in [-0.05, 0) is 36.2 Å². The van der Waals surface area contributed by atoms with Crippen LogP contribution in [-0.4, -0.2) is 28.1 Å². The van der Waals surface area contributed by atoms with Crippen molar-refractivity contribution in [2.45, 2.75) is 20.0 Å². The molecule has 0 saturated heterocycles. The number of carbonyl (C=O) groups is 2. The summed E-state index contributed by atoms with van der Waals surface area (Å²) in [6, 6.07) is 12.1. The summed E-state index contributed by atoms with van der Waals surface area (Å²) in [5.74, 6) is -0.194. The zero-order valence-electron chi connectivity index (χ0n) is 17.1. The lowest BCUT2D eigenvalue weighted by molar-refractivity contribution is 0.0945. The van der Waals surface area contributed by atoms with Crippen molar-refractivity contribution in [1.29, 1.82) is 0 Å². The highest BCUT2D eigenvalue weighted by molar-refractivity contribution is 6.42. The van der Waals surface area contributed by atoms with Crippen LogP contribution in [0.15, 0.2) is 48.7 Å². The van der Waals surface area contributed by atoms with E-state index in [1.54, 1.807) is 43.4 Å². The molecule has 0 spiro atoms. The molecule has 3 aromatic rings. The third kappa shape index (κ3) is 5.57. The van der Waals surface area contributed by atoms with Crippen LogP contribution in [0, 0.1) is 0 Å². The third-order valence-corrected chi connectivity index (χ3v) is 5.24. The summed E-state index contributed by atoms with van der Waals surface area (Å²) < 4.78 is 7.16. The lowest BCUT2D eigenvalue weighted by Gasteiger charge is -2.11. The van der Waals surface area contributed by atoms with E-state index in [0.29, 0.717) is 33.6 Å². The zero-order chi connectivity index (χ0) is 22.4. The number of aromatic nitrogens is 2. The molecule has 0 aliphatic rings. The smallest absolute Gasteiger partial charge is 0.271 e. The SMILES string of the molecule is CCCNC(=O)c1c(NC(=O)c2cccc(COc3cccc(Cl)c3Cl)c2)cnn1C. The van der Waals surface area contributed by atoms with Crippen LogP contribution in [0.5, 0.6) is 5.75 Å². The molecule has 31 heavy (non-hydrogen) atoms. The topological polar surface area (TPSA) is 85.2 Å². The first-order chi connectivity index (χ1) is 14.9. The maximum absolute atomic E-state index is 12.8. The minimum atomic E-state index is -0.361. The molecule has 0 fully saturated rings. The maximum atomic E-state index is 12.8. The molecule has 9 heteroatoms. The van der Waals surface area contributed by atoms with Crippen molar-refractivity contribution < 1.29 is 14.3 Å². The van der Waals surface area contributed by atoms with Gasteiger partial charge in [0.15, 0.2) is 0 Å². The number of carbonyl (C=O) groups excluding carboxylic acids is 2. The van der Waals surface area contributed by atoms with E-state index < -0.39 is 0 Å². The molecule has 3 rings (SSSR count). The van der Waals surface area contributed by atoms with Crippen LogP contribution in [0.1, 0.15) is 39.8 Å². The Balaban J connectivity index is 1.71. The first-order valence-electron chi connectivity index (χ1n) is 9.68. The Bertz CT molecular complexity index is 1100. The van der Waals surface area contributed by atoms with Crippen molar-refractivity contribution in [3.8, 4) is 5.75 Å². The number of halogens is 2.